The van der Waals surface area contributed by atoms with E-state index in [1.807, 2.05) is 29.6 Å². The molecular weight excluding hydrogens is 387 g/mol. The molecule has 0 N–H and O–H groups in total. The van der Waals surface area contributed by atoms with E-state index >= 15 is 0 Å². The molecule has 27 heavy (non-hydrogen) atoms. The lowest BCUT2D eigenvalue weighted by molar-refractivity contribution is 0.622. The van der Waals surface area contributed by atoms with Gasteiger partial charge in [-0.1, -0.05) is 35.5 Å². The molecule has 0 unspecified atom stereocenters. The average Bonchev–Trinajstić information content (AvgIpc) is 3.40. The maximum atomic E-state index is 14.3. The fourth-order valence-electron chi connectivity index (χ4n) is 2.89. The standard InChI is InChI=1S/C18H18ClFN6S/c1-25(2)16-13(15(19)21-10-22-16)9-27-18-24-23-17(26(18)11-7-8-11)12-5-3-4-6-14(12)20/h3-6,10-11H,7-9H2,1-2H3. The van der Waals surface area contributed by atoms with Gasteiger partial charge in [0.1, 0.15) is 23.1 Å². The number of benzene rings is 1. The van der Waals surface area contributed by atoms with Gasteiger partial charge in [-0.15, -0.1) is 10.2 Å². The predicted octanol–water partition coefficient (Wildman–Crippen LogP) is 4.22. The number of rotatable bonds is 6. The van der Waals surface area contributed by atoms with Gasteiger partial charge in [-0.25, -0.2) is 14.4 Å². The van der Waals surface area contributed by atoms with Crippen LogP contribution in [0.1, 0.15) is 24.4 Å². The van der Waals surface area contributed by atoms with Crippen molar-refractivity contribution in [3.8, 4) is 11.4 Å². The monoisotopic (exact) mass is 404 g/mol. The van der Waals surface area contributed by atoms with Crippen LogP contribution in [0.15, 0.2) is 35.7 Å². The summed E-state index contributed by atoms with van der Waals surface area (Å²) in [5.74, 6) is 1.60. The lowest BCUT2D eigenvalue weighted by Gasteiger charge is -2.16. The van der Waals surface area contributed by atoms with Gasteiger partial charge in [-0.05, 0) is 25.0 Å². The molecule has 0 atom stereocenters. The Bertz CT molecular complexity index is 972. The number of aromatic nitrogens is 5. The van der Waals surface area contributed by atoms with Gasteiger partial charge in [0.25, 0.3) is 0 Å². The first-order valence-electron chi connectivity index (χ1n) is 8.55. The Balaban J connectivity index is 1.66. The van der Waals surface area contributed by atoms with E-state index in [-0.39, 0.29) is 5.82 Å². The Morgan fingerprint density at radius 2 is 2.00 bits per heavy atom. The first kappa shape index (κ1) is 18.2. The number of hydrogen-bond donors (Lipinski definition) is 0. The van der Waals surface area contributed by atoms with Crippen molar-refractivity contribution in [3.63, 3.8) is 0 Å². The Labute approximate surface area is 165 Å². The van der Waals surface area contributed by atoms with E-state index in [0.29, 0.717) is 28.3 Å². The lowest BCUT2D eigenvalue weighted by atomic mass is 10.2. The summed E-state index contributed by atoms with van der Waals surface area (Å²) < 4.78 is 16.3. The van der Waals surface area contributed by atoms with E-state index in [4.69, 9.17) is 11.6 Å². The highest BCUT2D eigenvalue weighted by atomic mass is 35.5. The Morgan fingerprint density at radius 3 is 2.70 bits per heavy atom. The molecule has 1 fully saturated rings. The third kappa shape index (κ3) is 3.64. The average molecular weight is 405 g/mol. The summed E-state index contributed by atoms with van der Waals surface area (Å²) in [4.78, 5) is 10.3. The fourth-order valence-corrected chi connectivity index (χ4v) is 4.18. The van der Waals surface area contributed by atoms with Crippen LogP contribution in [0.3, 0.4) is 0 Å². The Kier molecular flexibility index (Phi) is 5.01. The quantitative estimate of drug-likeness (QED) is 0.453. The second-order valence-corrected chi connectivity index (χ2v) is 7.84. The molecule has 0 radical (unpaired) electrons. The summed E-state index contributed by atoms with van der Waals surface area (Å²) in [6.45, 7) is 0. The largest absolute Gasteiger partial charge is 0.362 e. The fraction of sp³-hybridized carbons (Fsp3) is 0.333. The molecule has 1 aliphatic carbocycles. The highest BCUT2D eigenvalue weighted by Crippen LogP contribution is 2.42. The highest BCUT2D eigenvalue weighted by molar-refractivity contribution is 7.98. The summed E-state index contributed by atoms with van der Waals surface area (Å²) in [6.07, 6.45) is 3.55. The predicted molar refractivity (Wildman–Crippen MR) is 105 cm³/mol. The molecule has 0 aliphatic heterocycles. The topological polar surface area (TPSA) is 59.7 Å². The summed E-state index contributed by atoms with van der Waals surface area (Å²) in [5.41, 5.74) is 1.31. The van der Waals surface area contributed by atoms with Gasteiger partial charge >= 0.3 is 0 Å². The van der Waals surface area contributed by atoms with Crippen molar-refractivity contribution in [3.05, 3.63) is 47.1 Å². The van der Waals surface area contributed by atoms with Crippen molar-refractivity contribution in [1.82, 2.24) is 24.7 Å². The van der Waals surface area contributed by atoms with Crippen LogP contribution in [0, 0.1) is 5.82 Å². The molecule has 4 rings (SSSR count). The number of hydrogen-bond acceptors (Lipinski definition) is 6. The SMILES string of the molecule is CN(C)c1ncnc(Cl)c1CSc1nnc(-c2ccccc2F)n1C1CC1. The number of halogens is 2. The van der Waals surface area contributed by atoms with Crippen LogP contribution in [-0.2, 0) is 5.75 Å². The highest BCUT2D eigenvalue weighted by Gasteiger charge is 2.31. The summed E-state index contributed by atoms with van der Waals surface area (Å²) in [6, 6.07) is 6.97. The number of anilines is 1. The zero-order valence-electron chi connectivity index (χ0n) is 14.9. The van der Waals surface area contributed by atoms with Crippen LogP contribution >= 0.6 is 23.4 Å². The summed E-state index contributed by atoms with van der Waals surface area (Å²) in [7, 11) is 3.83. The third-order valence-corrected chi connectivity index (χ3v) is 5.63. The molecule has 0 saturated heterocycles. The normalized spacial score (nSPS) is 13.8. The first-order valence-corrected chi connectivity index (χ1v) is 9.92. The maximum absolute atomic E-state index is 14.3. The van der Waals surface area contributed by atoms with Crippen LogP contribution in [0.25, 0.3) is 11.4 Å². The lowest BCUT2D eigenvalue weighted by Crippen LogP contribution is -2.14. The van der Waals surface area contributed by atoms with E-state index in [1.54, 1.807) is 12.1 Å². The minimum atomic E-state index is -0.294. The summed E-state index contributed by atoms with van der Waals surface area (Å²) in [5, 5.41) is 9.78. The molecule has 2 aromatic heterocycles. The molecule has 140 valence electrons. The maximum Gasteiger partial charge on any atom is 0.192 e. The van der Waals surface area contributed by atoms with Crippen LogP contribution in [0.2, 0.25) is 5.15 Å². The van der Waals surface area contributed by atoms with Crippen molar-refractivity contribution in [2.45, 2.75) is 29.8 Å². The molecule has 1 saturated carbocycles. The zero-order chi connectivity index (χ0) is 19.0. The molecule has 0 bridgehead atoms. The minimum absolute atomic E-state index is 0.294. The molecular formula is C18H18ClFN6S. The van der Waals surface area contributed by atoms with Gasteiger partial charge in [-0.2, -0.15) is 0 Å². The molecule has 6 nitrogen and oxygen atoms in total. The van der Waals surface area contributed by atoms with E-state index in [1.165, 1.54) is 24.2 Å². The van der Waals surface area contributed by atoms with Crippen LogP contribution < -0.4 is 4.90 Å². The molecule has 0 spiro atoms. The molecule has 1 aromatic carbocycles. The Morgan fingerprint density at radius 1 is 1.22 bits per heavy atom. The minimum Gasteiger partial charge on any atom is -0.362 e. The van der Waals surface area contributed by atoms with Gasteiger partial charge in [0.15, 0.2) is 11.0 Å². The molecule has 1 aliphatic rings. The molecule has 3 aromatic rings. The number of nitrogens with zero attached hydrogens (tertiary/aromatic N) is 6. The third-order valence-electron chi connectivity index (χ3n) is 4.33. The zero-order valence-corrected chi connectivity index (χ0v) is 16.5. The van der Waals surface area contributed by atoms with Crippen molar-refractivity contribution in [2.24, 2.45) is 0 Å². The second-order valence-electron chi connectivity index (χ2n) is 6.54. The molecule has 9 heteroatoms. The first-order chi connectivity index (χ1) is 13.1. The Hall–Kier alpha value is -2.19. The second kappa shape index (κ2) is 7.44. The number of thioether (sulfide) groups is 1. The van der Waals surface area contributed by atoms with Crippen molar-refractivity contribution >= 4 is 29.2 Å². The van der Waals surface area contributed by atoms with Crippen molar-refractivity contribution in [2.75, 3.05) is 19.0 Å². The van der Waals surface area contributed by atoms with Crippen molar-refractivity contribution < 1.29 is 4.39 Å². The van der Waals surface area contributed by atoms with E-state index in [9.17, 15) is 4.39 Å². The van der Waals surface area contributed by atoms with Crippen LogP contribution in [0.5, 0.6) is 0 Å². The smallest absolute Gasteiger partial charge is 0.192 e. The summed E-state index contributed by atoms with van der Waals surface area (Å²) >= 11 is 7.80. The van der Waals surface area contributed by atoms with Gasteiger partial charge in [0, 0.05) is 31.5 Å². The van der Waals surface area contributed by atoms with Crippen molar-refractivity contribution in [1.29, 1.82) is 0 Å². The van der Waals surface area contributed by atoms with Gasteiger partial charge in [0.2, 0.25) is 0 Å². The van der Waals surface area contributed by atoms with Crippen LogP contribution in [0.4, 0.5) is 10.2 Å². The van der Waals surface area contributed by atoms with E-state index in [2.05, 4.69) is 20.2 Å². The molecule has 0 amide bonds. The van der Waals surface area contributed by atoms with Gasteiger partial charge in [-0.3, -0.25) is 4.57 Å². The van der Waals surface area contributed by atoms with Gasteiger partial charge in [0.05, 0.1) is 5.56 Å². The van der Waals surface area contributed by atoms with E-state index in [0.717, 1.165) is 29.4 Å². The van der Waals surface area contributed by atoms with Gasteiger partial charge < -0.3 is 4.90 Å². The molecule has 2 heterocycles. The van der Waals surface area contributed by atoms with Crippen LogP contribution in [-0.4, -0.2) is 38.8 Å². The van der Waals surface area contributed by atoms with E-state index < -0.39 is 0 Å².